The molecule has 0 radical (unpaired) electrons. The van der Waals surface area contributed by atoms with E-state index in [2.05, 4.69) is 5.32 Å². The molecule has 0 saturated carbocycles. The number of aliphatic hydroxyl groups is 1. The molecule has 2 N–H and O–H groups in total. The highest BCUT2D eigenvalue weighted by molar-refractivity contribution is 5.39. The minimum absolute atomic E-state index is 0.0613. The lowest BCUT2D eigenvalue weighted by Gasteiger charge is -2.28. The van der Waals surface area contributed by atoms with Gasteiger partial charge in [-0.2, -0.15) is 0 Å². The molecule has 0 aliphatic carbocycles. The number of ether oxygens (including phenoxy) is 1. The van der Waals surface area contributed by atoms with Gasteiger partial charge in [-0.1, -0.05) is 25.1 Å². The summed E-state index contributed by atoms with van der Waals surface area (Å²) in [5.74, 6) is 0.921. The van der Waals surface area contributed by atoms with E-state index in [1.54, 1.807) is 0 Å². The molecular formula is C14H23NO2. The fraction of sp³-hybridized carbons (Fsp3) is 0.571. The molecule has 17 heavy (non-hydrogen) atoms. The number of para-hydroxylation sites is 1. The van der Waals surface area contributed by atoms with Crippen LogP contribution in [0, 0.1) is 13.8 Å². The Kier molecular flexibility index (Phi) is 4.97. The van der Waals surface area contributed by atoms with Crippen LogP contribution in [0.5, 0.6) is 5.75 Å². The van der Waals surface area contributed by atoms with E-state index in [0.29, 0.717) is 6.61 Å². The lowest BCUT2D eigenvalue weighted by Crippen LogP contribution is -2.50. The van der Waals surface area contributed by atoms with Gasteiger partial charge in [0.1, 0.15) is 12.4 Å². The van der Waals surface area contributed by atoms with Gasteiger partial charge in [-0.25, -0.2) is 0 Å². The summed E-state index contributed by atoms with van der Waals surface area (Å²) in [6.07, 6.45) is 0. The van der Waals surface area contributed by atoms with Crippen molar-refractivity contribution in [2.75, 3.05) is 19.8 Å². The normalized spacial score (nSPS) is 14.4. The van der Waals surface area contributed by atoms with E-state index in [1.165, 1.54) is 0 Å². The number of rotatable bonds is 6. The SMILES string of the molecule is CCNC(C)(CO)COc1c(C)cccc1C. The maximum Gasteiger partial charge on any atom is 0.125 e. The quantitative estimate of drug-likeness (QED) is 0.795. The Morgan fingerprint density at radius 2 is 1.88 bits per heavy atom. The predicted molar refractivity (Wildman–Crippen MR) is 70.6 cm³/mol. The van der Waals surface area contributed by atoms with Crippen molar-refractivity contribution in [1.82, 2.24) is 5.32 Å². The van der Waals surface area contributed by atoms with Crippen molar-refractivity contribution in [3.63, 3.8) is 0 Å². The zero-order valence-electron chi connectivity index (χ0n) is 11.2. The van der Waals surface area contributed by atoms with Crippen LogP contribution in [0.2, 0.25) is 0 Å². The Morgan fingerprint density at radius 1 is 1.29 bits per heavy atom. The van der Waals surface area contributed by atoms with Gasteiger partial charge in [0.05, 0.1) is 12.1 Å². The second kappa shape index (κ2) is 6.03. The summed E-state index contributed by atoms with van der Waals surface area (Å²) in [6, 6.07) is 6.09. The molecule has 3 heteroatoms. The Labute approximate surface area is 104 Å². The van der Waals surface area contributed by atoms with Crippen molar-refractivity contribution < 1.29 is 9.84 Å². The third-order valence-electron chi connectivity index (χ3n) is 2.90. The number of hydrogen-bond donors (Lipinski definition) is 2. The molecule has 0 heterocycles. The Morgan fingerprint density at radius 3 is 2.35 bits per heavy atom. The summed E-state index contributed by atoms with van der Waals surface area (Å²) in [5.41, 5.74) is 1.87. The predicted octanol–water partition coefficient (Wildman–Crippen LogP) is 2.04. The molecule has 96 valence electrons. The van der Waals surface area contributed by atoms with Crippen molar-refractivity contribution in [2.45, 2.75) is 33.2 Å². The summed E-state index contributed by atoms with van der Waals surface area (Å²) in [5, 5.41) is 12.6. The molecule has 0 aliphatic rings. The van der Waals surface area contributed by atoms with Crippen LogP contribution in [0.25, 0.3) is 0 Å². The summed E-state index contributed by atoms with van der Waals surface area (Å²) in [7, 11) is 0. The van der Waals surface area contributed by atoms with Gasteiger partial charge in [-0.15, -0.1) is 0 Å². The molecule has 3 nitrogen and oxygen atoms in total. The first-order valence-corrected chi connectivity index (χ1v) is 6.07. The summed E-state index contributed by atoms with van der Waals surface area (Å²) < 4.78 is 5.85. The van der Waals surface area contributed by atoms with Crippen LogP contribution < -0.4 is 10.1 Å². The van der Waals surface area contributed by atoms with Crippen LogP contribution in [0.15, 0.2) is 18.2 Å². The van der Waals surface area contributed by atoms with Gasteiger partial charge >= 0.3 is 0 Å². The number of likely N-dealkylation sites (N-methyl/N-ethyl adjacent to an activating group) is 1. The lowest BCUT2D eigenvalue weighted by atomic mass is 10.1. The number of benzene rings is 1. The maximum absolute atomic E-state index is 9.39. The smallest absolute Gasteiger partial charge is 0.125 e. The van der Waals surface area contributed by atoms with E-state index in [4.69, 9.17) is 4.74 Å². The maximum atomic E-state index is 9.39. The Bertz CT molecular complexity index is 345. The molecule has 1 aromatic carbocycles. The first-order valence-electron chi connectivity index (χ1n) is 6.07. The zero-order chi connectivity index (χ0) is 12.9. The first kappa shape index (κ1) is 14.0. The van der Waals surface area contributed by atoms with Gasteiger partial charge < -0.3 is 15.2 Å². The molecule has 0 aliphatic heterocycles. The van der Waals surface area contributed by atoms with Gasteiger partial charge in [0.2, 0.25) is 0 Å². The molecule has 0 fully saturated rings. The van der Waals surface area contributed by atoms with E-state index in [0.717, 1.165) is 23.4 Å². The van der Waals surface area contributed by atoms with Crippen LogP contribution in [0.3, 0.4) is 0 Å². The van der Waals surface area contributed by atoms with Crippen LogP contribution in [0.4, 0.5) is 0 Å². The number of nitrogens with one attached hydrogen (secondary N) is 1. The number of aryl methyl sites for hydroxylation is 2. The third kappa shape index (κ3) is 3.72. The second-order valence-electron chi connectivity index (χ2n) is 4.76. The Balaban J connectivity index is 2.72. The van der Waals surface area contributed by atoms with Crippen molar-refractivity contribution in [1.29, 1.82) is 0 Å². The molecule has 0 saturated heterocycles. The van der Waals surface area contributed by atoms with E-state index >= 15 is 0 Å². The second-order valence-corrected chi connectivity index (χ2v) is 4.76. The molecular weight excluding hydrogens is 214 g/mol. The average molecular weight is 237 g/mol. The standard InChI is InChI=1S/C14H23NO2/c1-5-15-14(4,9-16)10-17-13-11(2)7-6-8-12(13)3/h6-8,15-16H,5,9-10H2,1-4H3. The highest BCUT2D eigenvalue weighted by Gasteiger charge is 2.23. The molecule has 0 aromatic heterocycles. The topological polar surface area (TPSA) is 41.5 Å². The molecule has 1 atom stereocenters. The molecule has 0 amide bonds. The number of hydrogen-bond acceptors (Lipinski definition) is 3. The monoisotopic (exact) mass is 237 g/mol. The van der Waals surface area contributed by atoms with Gasteiger partial charge in [0.25, 0.3) is 0 Å². The van der Waals surface area contributed by atoms with Crippen LogP contribution in [-0.2, 0) is 0 Å². The summed E-state index contributed by atoms with van der Waals surface area (Å²) in [4.78, 5) is 0. The van der Waals surface area contributed by atoms with E-state index in [-0.39, 0.29) is 12.1 Å². The lowest BCUT2D eigenvalue weighted by molar-refractivity contribution is 0.116. The van der Waals surface area contributed by atoms with Gasteiger partial charge in [-0.05, 0) is 38.4 Å². The summed E-state index contributed by atoms with van der Waals surface area (Å²) >= 11 is 0. The van der Waals surface area contributed by atoms with Gasteiger partial charge in [-0.3, -0.25) is 0 Å². The summed E-state index contributed by atoms with van der Waals surface area (Å²) in [6.45, 7) is 9.39. The minimum atomic E-state index is -0.385. The first-order chi connectivity index (χ1) is 8.02. The number of aliphatic hydroxyl groups excluding tert-OH is 1. The van der Waals surface area contributed by atoms with Crippen molar-refractivity contribution in [2.24, 2.45) is 0 Å². The molecule has 0 bridgehead atoms. The van der Waals surface area contributed by atoms with Crippen LogP contribution >= 0.6 is 0 Å². The van der Waals surface area contributed by atoms with E-state index < -0.39 is 0 Å². The van der Waals surface area contributed by atoms with Crippen molar-refractivity contribution in [3.05, 3.63) is 29.3 Å². The zero-order valence-corrected chi connectivity index (χ0v) is 11.2. The van der Waals surface area contributed by atoms with E-state index in [1.807, 2.05) is 45.9 Å². The third-order valence-corrected chi connectivity index (χ3v) is 2.90. The van der Waals surface area contributed by atoms with Gasteiger partial charge in [0.15, 0.2) is 0 Å². The molecule has 1 aromatic rings. The molecule has 0 spiro atoms. The minimum Gasteiger partial charge on any atom is -0.491 e. The van der Waals surface area contributed by atoms with Gasteiger partial charge in [0, 0.05) is 0 Å². The van der Waals surface area contributed by atoms with Crippen LogP contribution in [-0.4, -0.2) is 30.4 Å². The van der Waals surface area contributed by atoms with Crippen molar-refractivity contribution in [3.8, 4) is 5.75 Å². The Hall–Kier alpha value is -1.06. The van der Waals surface area contributed by atoms with Crippen LogP contribution in [0.1, 0.15) is 25.0 Å². The average Bonchev–Trinajstić information content (AvgIpc) is 2.29. The molecule has 1 rings (SSSR count). The van der Waals surface area contributed by atoms with E-state index in [9.17, 15) is 5.11 Å². The van der Waals surface area contributed by atoms with Crippen molar-refractivity contribution >= 4 is 0 Å². The molecule has 1 unspecified atom stereocenters. The fourth-order valence-electron chi connectivity index (χ4n) is 1.84. The fourth-order valence-corrected chi connectivity index (χ4v) is 1.84. The highest BCUT2D eigenvalue weighted by atomic mass is 16.5. The highest BCUT2D eigenvalue weighted by Crippen LogP contribution is 2.23. The largest absolute Gasteiger partial charge is 0.491 e.